The van der Waals surface area contributed by atoms with Crippen molar-refractivity contribution >= 4 is 42.3 Å². The lowest BCUT2D eigenvalue weighted by Gasteiger charge is -2.22. The predicted octanol–water partition coefficient (Wildman–Crippen LogP) is 8.36. The largest absolute Gasteiger partial charge is 0.213 e. The molecule has 1 aliphatic carbocycles. The Morgan fingerprint density at radius 2 is 1.75 bits per heavy atom. The van der Waals surface area contributed by atoms with Crippen LogP contribution in [0.3, 0.4) is 0 Å². The van der Waals surface area contributed by atoms with Gasteiger partial charge < -0.3 is 0 Å². The van der Waals surface area contributed by atoms with Gasteiger partial charge in [-0.1, -0.05) is 55.2 Å². The van der Waals surface area contributed by atoms with Crippen molar-refractivity contribution < 1.29 is 10.1 Å². The van der Waals surface area contributed by atoms with E-state index in [-0.39, 0.29) is 0 Å². The number of aromatic nitrogens is 1. The minimum absolute atomic E-state index is 0.378. The van der Waals surface area contributed by atoms with Gasteiger partial charge in [-0.2, -0.15) is 0 Å². The van der Waals surface area contributed by atoms with E-state index in [1.54, 1.807) is 23.5 Å². The molecule has 32 heavy (non-hydrogen) atoms. The summed E-state index contributed by atoms with van der Waals surface area (Å²) in [5.41, 5.74) is 4.62. The maximum atomic E-state index is 9.05. The minimum atomic E-state index is -2.10. The van der Waals surface area contributed by atoms with Gasteiger partial charge in [-0.15, -0.1) is 11.3 Å². The van der Waals surface area contributed by atoms with E-state index in [0.717, 1.165) is 48.1 Å². The quantitative estimate of drug-likeness (QED) is 0.243. The van der Waals surface area contributed by atoms with Gasteiger partial charge in [0.2, 0.25) is 5.69 Å². The molecule has 0 aliphatic heterocycles. The summed E-state index contributed by atoms with van der Waals surface area (Å²) in [7, 11) is 2.06. The van der Waals surface area contributed by atoms with Crippen LogP contribution in [0.5, 0.6) is 0 Å². The average molecular weight is 441 g/mol. The second-order valence-electron chi connectivity index (χ2n) is 9.25. The van der Waals surface area contributed by atoms with Crippen LogP contribution in [-0.4, -0.2) is 0 Å². The molecule has 0 atom stereocenters. The summed E-state index contributed by atoms with van der Waals surface area (Å²) >= 11 is 1.80. The van der Waals surface area contributed by atoms with Crippen molar-refractivity contribution in [3.05, 3.63) is 77.5 Å². The zero-order valence-corrected chi connectivity index (χ0v) is 19.5. The summed E-state index contributed by atoms with van der Waals surface area (Å²) in [4.78, 5) is 0. The molecule has 2 aromatic heterocycles. The summed E-state index contributed by atoms with van der Waals surface area (Å²) in [5.74, 6) is -0.447. The van der Waals surface area contributed by atoms with Gasteiger partial charge in [-0.25, -0.2) is 4.57 Å². The van der Waals surface area contributed by atoms with Gasteiger partial charge in [0.1, 0.15) is 7.05 Å². The molecule has 0 bridgehead atoms. The Morgan fingerprint density at radius 3 is 2.56 bits per heavy atom. The highest BCUT2D eigenvalue weighted by atomic mass is 32.1. The van der Waals surface area contributed by atoms with Crippen molar-refractivity contribution in [1.29, 1.82) is 0 Å². The Labute approximate surface area is 200 Å². The van der Waals surface area contributed by atoms with E-state index in [2.05, 4.69) is 54.2 Å². The van der Waals surface area contributed by atoms with Crippen molar-refractivity contribution in [1.82, 2.24) is 0 Å². The van der Waals surface area contributed by atoms with E-state index >= 15 is 0 Å². The fraction of sp³-hybridized carbons (Fsp3) is 0.300. The molecule has 5 aromatic rings. The highest BCUT2D eigenvalue weighted by molar-refractivity contribution is 7.25. The number of hydrogen-bond acceptors (Lipinski definition) is 1. The second-order valence-corrected chi connectivity index (χ2v) is 10.3. The SMILES string of the molecule is [2H]C([2H])([2H])c1ccc(-c2cc3sc4cc5cc(C6([2H])CCCCC6)ccc5cc4c3c[n+]2C)c(C)c1. The first-order chi connectivity index (χ1) is 17.1. The number of pyridine rings is 1. The second kappa shape index (κ2) is 7.71. The van der Waals surface area contributed by atoms with Crippen molar-refractivity contribution in [2.45, 2.75) is 51.8 Å². The topological polar surface area (TPSA) is 3.88 Å². The number of rotatable bonds is 2. The van der Waals surface area contributed by atoms with Crippen LogP contribution >= 0.6 is 11.3 Å². The van der Waals surface area contributed by atoms with Gasteiger partial charge in [-0.3, -0.25) is 0 Å². The van der Waals surface area contributed by atoms with E-state index in [4.69, 9.17) is 5.48 Å². The molecule has 1 saturated carbocycles. The fourth-order valence-electron chi connectivity index (χ4n) is 5.31. The normalized spacial score (nSPS) is 18.4. The van der Waals surface area contributed by atoms with Crippen molar-refractivity contribution in [2.24, 2.45) is 7.05 Å². The number of fused-ring (bicyclic) bond motifs is 4. The molecule has 0 N–H and O–H groups in total. The third-order valence-corrected chi connectivity index (χ3v) is 8.17. The molecule has 2 heteroatoms. The van der Waals surface area contributed by atoms with Crippen LogP contribution in [0.2, 0.25) is 0 Å². The number of nitrogens with zero attached hydrogens (tertiary/aromatic N) is 1. The van der Waals surface area contributed by atoms with Crippen LogP contribution in [0.4, 0.5) is 0 Å². The fourth-order valence-corrected chi connectivity index (χ4v) is 6.46. The minimum Gasteiger partial charge on any atom is -0.200 e. The first kappa shape index (κ1) is 16.0. The summed E-state index contributed by atoms with van der Waals surface area (Å²) in [6.07, 6.45) is 7.65. The number of thiophene rings is 1. The molecule has 3 aromatic carbocycles. The molecule has 0 saturated heterocycles. The highest BCUT2D eigenvalue weighted by Crippen LogP contribution is 2.39. The molecule has 1 aliphatic rings. The first-order valence-electron chi connectivity index (χ1n) is 13.5. The summed E-state index contributed by atoms with van der Waals surface area (Å²) in [6, 6.07) is 18.9. The van der Waals surface area contributed by atoms with Gasteiger partial charge in [0.25, 0.3) is 0 Å². The van der Waals surface area contributed by atoms with E-state index in [0.29, 0.717) is 5.56 Å². The molecule has 2 heterocycles. The molecule has 0 spiro atoms. The number of aryl methyl sites for hydroxylation is 3. The Morgan fingerprint density at radius 1 is 0.906 bits per heavy atom. The van der Waals surface area contributed by atoms with Gasteiger partial charge in [-0.05, 0) is 72.6 Å². The van der Waals surface area contributed by atoms with Crippen LogP contribution in [0.15, 0.2) is 60.8 Å². The lowest BCUT2D eigenvalue weighted by molar-refractivity contribution is -0.659. The summed E-state index contributed by atoms with van der Waals surface area (Å²) in [6.45, 7) is -0.116. The van der Waals surface area contributed by atoms with Gasteiger partial charge in [0.15, 0.2) is 6.20 Å². The predicted molar refractivity (Wildman–Crippen MR) is 139 cm³/mol. The molecular formula is C30H30NS+. The van der Waals surface area contributed by atoms with E-state index in [9.17, 15) is 0 Å². The maximum absolute atomic E-state index is 9.05. The van der Waals surface area contributed by atoms with Gasteiger partial charge >= 0.3 is 0 Å². The zero-order chi connectivity index (χ0) is 25.2. The average Bonchev–Trinajstić information content (AvgIpc) is 3.18. The van der Waals surface area contributed by atoms with Gasteiger partial charge in [0.05, 0.1) is 5.39 Å². The molecule has 6 rings (SSSR count). The lowest BCUT2D eigenvalue weighted by atomic mass is 9.83. The van der Waals surface area contributed by atoms with E-state index in [1.165, 1.54) is 37.4 Å². The van der Waals surface area contributed by atoms with E-state index in [1.807, 2.05) is 13.0 Å². The lowest BCUT2D eigenvalue weighted by Crippen LogP contribution is -2.30. The van der Waals surface area contributed by atoms with Gasteiger partial charge in [0, 0.05) is 31.9 Å². The Balaban J connectivity index is 1.47. The molecular weight excluding hydrogens is 406 g/mol. The maximum Gasteiger partial charge on any atom is 0.213 e. The molecule has 0 unspecified atom stereocenters. The molecule has 0 radical (unpaired) electrons. The van der Waals surface area contributed by atoms with Crippen LogP contribution < -0.4 is 4.57 Å². The number of hydrogen-bond donors (Lipinski definition) is 0. The smallest absolute Gasteiger partial charge is 0.200 e. The third kappa shape index (κ3) is 3.33. The number of benzene rings is 3. The standard InChI is InChI=1S/C30H30NS/c1-19-9-12-25(20(2)13-19)28-17-30-27(18-31(28)3)26-15-23-11-10-22(21-7-5-4-6-8-21)14-24(23)16-29(26)32-30/h9-18,21H,4-8H2,1-3H3/q+1/i1D3,21D. The van der Waals surface area contributed by atoms with Crippen molar-refractivity contribution in [3.8, 4) is 11.3 Å². The Bertz CT molecular complexity index is 1640. The Hall–Kier alpha value is -2.71. The summed E-state index contributed by atoms with van der Waals surface area (Å²) < 4.78 is 36.8. The highest BCUT2D eigenvalue weighted by Gasteiger charge is 2.19. The third-order valence-electron chi connectivity index (χ3n) is 7.05. The van der Waals surface area contributed by atoms with Crippen molar-refractivity contribution in [3.63, 3.8) is 0 Å². The Kier molecular flexibility index (Phi) is 3.85. The molecule has 1 nitrogen and oxygen atoms in total. The molecule has 0 amide bonds. The van der Waals surface area contributed by atoms with Crippen LogP contribution in [0.25, 0.3) is 42.2 Å². The molecule has 1 fully saturated rings. The summed E-state index contributed by atoms with van der Waals surface area (Å²) in [5, 5.41) is 4.91. The van der Waals surface area contributed by atoms with Crippen LogP contribution in [0, 0.1) is 13.8 Å². The zero-order valence-electron chi connectivity index (χ0n) is 22.7. The van der Waals surface area contributed by atoms with Crippen LogP contribution in [0.1, 0.15) is 60.2 Å². The molecule has 160 valence electrons. The van der Waals surface area contributed by atoms with Crippen LogP contribution in [-0.2, 0) is 7.05 Å². The van der Waals surface area contributed by atoms with Crippen molar-refractivity contribution in [2.75, 3.05) is 0 Å². The first-order valence-corrected chi connectivity index (χ1v) is 12.4. The van der Waals surface area contributed by atoms with E-state index < -0.39 is 12.7 Å². The monoisotopic (exact) mass is 440 g/mol.